The Hall–Kier alpha value is -2.41. The molecular formula is C14H16FNO5. The van der Waals surface area contributed by atoms with Crippen LogP contribution in [0.15, 0.2) is 30.9 Å². The van der Waals surface area contributed by atoms with E-state index in [-0.39, 0.29) is 17.9 Å². The van der Waals surface area contributed by atoms with Gasteiger partial charge in [0, 0.05) is 5.56 Å². The van der Waals surface area contributed by atoms with Gasteiger partial charge in [0.05, 0.1) is 13.7 Å². The van der Waals surface area contributed by atoms with Gasteiger partial charge in [-0.2, -0.15) is 0 Å². The predicted octanol–water partition coefficient (Wildman–Crippen LogP) is 0.654. The van der Waals surface area contributed by atoms with Gasteiger partial charge in [-0.1, -0.05) is 12.7 Å². The monoisotopic (exact) mass is 297 g/mol. The topological polar surface area (TPSA) is 84.9 Å². The van der Waals surface area contributed by atoms with E-state index < -0.39 is 30.3 Å². The van der Waals surface area contributed by atoms with Crippen molar-refractivity contribution in [2.45, 2.75) is 6.04 Å². The second-order valence-electron chi connectivity index (χ2n) is 3.98. The van der Waals surface area contributed by atoms with Crippen LogP contribution in [-0.2, 0) is 9.53 Å². The lowest BCUT2D eigenvalue weighted by Gasteiger charge is -2.14. The number of benzene rings is 1. The van der Waals surface area contributed by atoms with Gasteiger partial charge < -0.3 is 19.9 Å². The third kappa shape index (κ3) is 4.57. The zero-order valence-corrected chi connectivity index (χ0v) is 11.5. The van der Waals surface area contributed by atoms with E-state index in [4.69, 9.17) is 9.84 Å². The number of carbonyl (C=O) groups excluding carboxylic acids is 2. The highest BCUT2D eigenvalue weighted by Gasteiger charge is 2.21. The van der Waals surface area contributed by atoms with Crippen LogP contribution in [0.4, 0.5) is 4.39 Å². The summed E-state index contributed by atoms with van der Waals surface area (Å²) in [5.74, 6) is -2.24. The molecule has 114 valence electrons. The van der Waals surface area contributed by atoms with E-state index in [1.807, 2.05) is 0 Å². The molecule has 1 aromatic carbocycles. The van der Waals surface area contributed by atoms with Crippen LogP contribution in [0.5, 0.6) is 5.75 Å². The van der Waals surface area contributed by atoms with E-state index in [9.17, 15) is 14.0 Å². The van der Waals surface area contributed by atoms with Crippen molar-refractivity contribution in [3.8, 4) is 5.75 Å². The minimum absolute atomic E-state index is 0.0131. The minimum atomic E-state index is -1.21. The molecular weight excluding hydrogens is 281 g/mol. The van der Waals surface area contributed by atoms with Crippen LogP contribution in [-0.4, -0.2) is 43.3 Å². The number of carbonyl (C=O) groups is 2. The Balaban J connectivity index is 2.81. The van der Waals surface area contributed by atoms with Crippen molar-refractivity contribution in [3.05, 3.63) is 42.2 Å². The molecule has 0 saturated carbocycles. The number of ether oxygens (including phenoxy) is 2. The van der Waals surface area contributed by atoms with E-state index in [2.05, 4.69) is 16.6 Å². The number of rotatable bonds is 7. The summed E-state index contributed by atoms with van der Waals surface area (Å²) in [7, 11) is 1.13. The highest BCUT2D eigenvalue weighted by atomic mass is 19.1. The molecule has 21 heavy (non-hydrogen) atoms. The summed E-state index contributed by atoms with van der Waals surface area (Å²) >= 11 is 0. The maximum absolute atomic E-state index is 13.7. The number of hydrogen-bond donors (Lipinski definition) is 2. The Bertz CT molecular complexity index is 532. The number of hydrogen-bond acceptors (Lipinski definition) is 5. The molecule has 0 bridgehead atoms. The molecule has 0 spiro atoms. The first-order chi connectivity index (χ1) is 10.0. The number of aliphatic hydroxyl groups excluding tert-OH is 1. The van der Waals surface area contributed by atoms with Crippen LogP contribution >= 0.6 is 0 Å². The fourth-order valence-electron chi connectivity index (χ4n) is 1.47. The molecule has 7 heteroatoms. The van der Waals surface area contributed by atoms with E-state index in [1.54, 1.807) is 0 Å². The van der Waals surface area contributed by atoms with E-state index >= 15 is 0 Å². The molecule has 6 nitrogen and oxygen atoms in total. The molecule has 0 fully saturated rings. The van der Waals surface area contributed by atoms with Gasteiger partial charge >= 0.3 is 5.97 Å². The Morgan fingerprint density at radius 1 is 1.52 bits per heavy atom. The molecule has 1 aromatic rings. The van der Waals surface area contributed by atoms with E-state index in [1.165, 1.54) is 18.2 Å². The van der Waals surface area contributed by atoms with Crippen LogP contribution in [0.3, 0.4) is 0 Å². The fourth-order valence-corrected chi connectivity index (χ4v) is 1.47. The van der Waals surface area contributed by atoms with Gasteiger partial charge in [0.1, 0.15) is 6.61 Å². The molecule has 1 atom stereocenters. The van der Waals surface area contributed by atoms with Crippen LogP contribution < -0.4 is 10.1 Å². The third-order valence-electron chi connectivity index (χ3n) is 2.52. The lowest BCUT2D eigenvalue weighted by Crippen LogP contribution is -2.44. The highest BCUT2D eigenvalue weighted by Crippen LogP contribution is 2.18. The number of amides is 1. The Morgan fingerprint density at radius 3 is 2.76 bits per heavy atom. The normalized spacial score (nSPS) is 11.4. The Kier molecular flexibility index (Phi) is 6.35. The van der Waals surface area contributed by atoms with Crippen molar-refractivity contribution in [3.63, 3.8) is 0 Å². The summed E-state index contributed by atoms with van der Waals surface area (Å²) in [5, 5.41) is 11.2. The molecule has 0 saturated heterocycles. The summed E-state index contributed by atoms with van der Waals surface area (Å²) in [6.07, 6.45) is 1.46. The molecule has 0 aliphatic rings. The smallest absolute Gasteiger partial charge is 0.330 e. The van der Waals surface area contributed by atoms with Crippen LogP contribution in [0, 0.1) is 5.82 Å². The molecule has 2 N–H and O–H groups in total. The van der Waals surface area contributed by atoms with Gasteiger partial charge in [-0.15, -0.1) is 0 Å². The van der Waals surface area contributed by atoms with Crippen molar-refractivity contribution in [2.24, 2.45) is 0 Å². The van der Waals surface area contributed by atoms with Gasteiger partial charge in [0.2, 0.25) is 0 Å². The lowest BCUT2D eigenvalue weighted by molar-refractivity contribution is -0.143. The van der Waals surface area contributed by atoms with E-state index in [0.29, 0.717) is 0 Å². The number of halogens is 1. The maximum atomic E-state index is 13.7. The third-order valence-corrected chi connectivity index (χ3v) is 2.52. The molecule has 0 radical (unpaired) electrons. The molecule has 0 aromatic heterocycles. The standard InChI is InChI=1S/C14H16FNO5/c1-3-6-21-12-5-4-9(7-10(12)15)13(18)16-11(8-17)14(19)20-2/h3-5,7,11,17H,1,6,8H2,2H3,(H,16,18). The lowest BCUT2D eigenvalue weighted by atomic mass is 10.2. The predicted molar refractivity (Wildman–Crippen MR) is 72.4 cm³/mol. The molecule has 1 rings (SSSR count). The van der Waals surface area contributed by atoms with Crippen LogP contribution in [0.2, 0.25) is 0 Å². The number of methoxy groups -OCH3 is 1. The van der Waals surface area contributed by atoms with Crippen LogP contribution in [0.25, 0.3) is 0 Å². The SMILES string of the molecule is C=CCOc1ccc(C(=O)NC(CO)C(=O)OC)cc1F. The summed E-state index contributed by atoms with van der Waals surface area (Å²) in [6, 6.07) is 2.39. The minimum Gasteiger partial charge on any atom is -0.486 e. The average Bonchev–Trinajstić information content (AvgIpc) is 2.50. The highest BCUT2D eigenvalue weighted by molar-refractivity contribution is 5.96. The average molecular weight is 297 g/mol. The molecule has 1 unspecified atom stereocenters. The van der Waals surface area contributed by atoms with Crippen molar-refractivity contribution < 1.29 is 28.6 Å². The van der Waals surface area contributed by atoms with Crippen molar-refractivity contribution >= 4 is 11.9 Å². The first-order valence-electron chi connectivity index (χ1n) is 6.06. The molecule has 0 aliphatic heterocycles. The zero-order chi connectivity index (χ0) is 15.8. The molecule has 0 aliphatic carbocycles. The number of aliphatic hydroxyl groups is 1. The van der Waals surface area contributed by atoms with Crippen LogP contribution in [0.1, 0.15) is 10.4 Å². The maximum Gasteiger partial charge on any atom is 0.330 e. The first kappa shape index (κ1) is 16.6. The van der Waals surface area contributed by atoms with E-state index in [0.717, 1.165) is 13.2 Å². The second kappa shape index (κ2) is 8.01. The van der Waals surface area contributed by atoms with Crippen molar-refractivity contribution in [1.82, 2.24) is 5.32 Å². The van der Waals surface area contributed by atoms with Gasteiger partial charge in [-0.25, -0.2) is 9.18 Å². The largest absolute Gasteiger partial charge is 0.486 e. The van der Waals surface area contributed by atoms with Gasteiger partial charge in [-0.3, -0.25) is 4.79 Å². The molecule has 0 heterocycles. The number of nitrogens with one attached hydrogen (secondary N) is 1. The summed E-state index contributed by atoms with van der Waals surface area (Å²) in [6.45, 7) is 2.95. The number of esters is 1. The quantitative estimate of drug-likeness (QED) is 0.570. The van der Waals surface area contributed by atoms with Gasteiger partial charge in [0.25, 0.3) is 5.91 Å². The first-order valence-corrected chi connectivity index (χ1v) is 6.06. The van der Waals surface area contributed by atoms with Gasteiger partial charge in [0.15, 0.2) is 17.6 Å². The Labute approximate surface area is 121 Å². The van der Waals surface area contributed by atoms with Gasteiger partial charge in [-0.05, 0) is 18.2 Å². The van der Waals surface area contributed by atoms with Crippen molar-refractivity contribution in [2.75, 3.05) is 20.3 Å². The summed E-state index contributed by atoms with van der Waals surface area (Å²) in [5.41, 5.74) is -0.0131. The summed E-state index contributed by atoms with van der Waals surface area (Å²) < 4.78 is 23.1. The zero-order valence-electron chi connectivity index (χ0n) is 11.5. The second-order valence-corrected chi connectivity index (χ2v) is 3.98. The molecule has 1 amide bonds. The van der Waals surface area contributed by atoms with Crippen molar-refractivity contribution in [1.29, 1.82) is 0 Å². The summed E-state index contributed by atoms with van der Waals surface area (Å²) in [4.78, 5) is 23.1. The Morgan fingerprint density at radius 2 is 2.24 bits per heavy atom. The fraction of sp³-hybridized carbons (Fsp3) is 0.286.